The van der Waals surface area contributed by atoms with E-state index in [-0.39, 0.29) is 18.1 Å². The van der Waals surface area contributed by atoms with Crippen LogP contribution in [0.15, 0.2) is 24.3 Å². The second-order valence-electron chi connectivity index (χ2n) is 6.39. The zero-order chi connectivity index (χ0) is 16.2. The van der Waals surface area contributed by atoms with Crippen LogP contribution in [-0.4, -0.2) is 24.0 Å². The van der Waals surface area contributed by atoms with Crippen molar-refractivity contribution in [1.82, 2.24) is 0 Å². The minimum absolute atomic E-state index is 0.0549. The molecule has 0 amide bonds. The highest BCUT2D eigenvalue weighted by atomic mass is 16.5. The lowest BCUT2D eigenvalue weighted by Gasteiger charge is -2.36. The predicted octanol–water partition coefficient (Wildman–Crippen LogP) is 3.94. The standard InChI is InChI=1S/C18H24O4/c1-18(17(20)21,14-6-4-3-5-7-14)12-16(19)13-8-10-15(22-2)11-9-13/h8-11,14H,3-7,12H2,1-2H3,(H,20,21). The Morgan fingerprint density at radius 1 is 1.18 bits per heavy atom. The fourth-order valence-electron chi connectivity index (χ4n) is 3.35. The number of ketones is 1. The van der Waals surface area contributed by atoms with Gasteiger partial charge in [0.05, 0.1) is 12.5 Å². The minimum atomic E-state index is -0.975. The number of carboxylic acid groups (broad SMARTS) is 1. The first-order valence-corrected chi connectivity index (χ1v) is 7.88. The van der Waals surface area contributed by atoms with E-state index < -0.39 is 11.4 Å². The van der Waals surface area contributed by atoms with Crippen molar-refractivity contribution >= 4 is 11.8 Å². The Balaban J connectivity index is 2.15. The Hall–Kier alpha value is -1.84. The van der Waals surface area contributed by atoms with E-state index in [2.05, 4.69) is 0 Å². The number of Topliss-reactive ketones (excluding diaryl/α,β-unsaturated/α-hetero) is 1. The van der Waals surface area contributed by atoms with E-state index in [1.807, 2.05) is 0 Å². The van der Waals surface area contributed by atoms with Gasteiger partial charge in [-0.15, -0.1) is 0 Å². The van der Waals surface area contributed by atoms with Gasteiger partial charge in [0.25, 0.3) is 0 Å². The highest BCUT2D eigenvalue weighted by Gasteiger charge is 2.43. The van der Waals surface area contributed by atoms with Gasteiger partial charge in [-0.1, -0.05) is 19.3 Å². The molecule has 0 heterocycles. The maximum absolute atomic E-state index is 12.5. The highest BCUT2D eigenvalue weighted by Crippen LogP contribution is 2.42. The number of hydrogen-bond acceptors (Lipinski definition) is 3. The van der Waals surface area contributed by atoms with Gasteiger partial charge in [0, 0.05) is 12.0 Å². The molecule has 120 valence electrons. The molecule has 0 spiro atoms. The van der Waals surface area contributed by atoms with Crippen LogP contribution in [0.25, 0.3) is 0 Å². The normalized spacial score (nSPS) is 18.5. The molecule has 0 bridgehead atoms. The average Bonchev–Trinajstić information content (AvgIpc) is 2.55. The van der Waals surface area contributed by atoms with Gasteiger partial charge < -0.3 is 9.84 Å². The van der Waals surface area contributed by atoms with E-state index in [1.54, 1.807) is 38.3 Å². The predicted molar refractivity (Wildman–Crippen MR) is 84.3 cm³/mol. The van der Waals surface area contributed by atoms with Crippen molar-refractivity contribution in [2.75, 3.05) is 7.11 Å². The van der Waals surface area contributed by atoms with E-state index in [0.717, 1.165) is 25.7 Å². The molecule has 0 aliphatic heterocycles. The summed E-state index contributed by atoms with van der Waals surface area (Å²) in [5, 5.41) is 9.69. The monoisotopic (exact) mass is 304 g/mol. The van der Waals surface area contributed by atoms with Crippen molar-refractivity contribution in [3.8, 4) is 5.75 Å². The van der Waals surface area contributed by atoms with Gasteiger partial charge in [0.1, 0.15) is 5.75 Å². The first kappa shape index (κ1) is 16.5. The first-order valence-electron chi connectivity index (χ1n) is 7.88. The second-order valence-corrected chi connectivity index (χ2v) is 6.39. The third kappa shape index (κ3) is 3.49. The van der Waals surface area contributed by atoms with Gasteiger partial charge in [-0.2, -0.15) is 0 Å². The molecule has 22 heavy (non-hydrogen) atoms. The summed E-state index contributed by atoms with van der Waals surface area (Å²) in [4.78, 5) is 24.3. The van der Waals surface area contributed by atoms with Crippen LogP contribution >= 0.6 is 0 Å². The quantitative estimate of drug-likeness (QED) is 0.809. The van der Waals surface area contributed by atoms with Crippen LogP contribution in [0, 0.1) is 11.3 Å². The van der Waals surface area contributed by atoms with E-state index in [9.17, 15) is 14.7 Å². The molecule has 2 rings (SSSR count). The lowest BCUT2D eigenvalue weighted by atomic mass is 9.67. The van der Waals surface area contributed by atoms with E-state index in [1.165, 1.54) is 6.42 Å². The minimum Gasteiger partial charge on any atom is -0.497 e. The second kappa shape index (κ2) is 6.95. The molecule has 1 fully saturated rings. The Labute approximate surface area is 131 Å². The van der Waals surface area contributed by atoms with Crippen LogP contribution in [0.3, 0.4) is 0 Å². The topological polar surface area (TPSA) is 63.6 Å². The molecule has 1 aliphatic rings. The molecule has 1 unspecified atom stereocenters. The fraction of sp³-hybridized carbons (Fsp3) is 0.556. The molecule has 1 N–H and O–H groups in total. The first-order chi connectivity index (χ1) is 10.5. The lowest BCUT2D eigenvalue weighted by Crippen LogP contribution is -2.39. The number of carboxylic acids is 1. The summed E-state index contributed by atoms with van der Waals surface area (Å²) in [6.07, 6.45) is 5.14. The molecule has 1 aromatic rings. The summed E-state index contributed by atoms with van der Waals surface area (Å²) in [7, 11) is 1.57. The average molecular weight is 304 g/mol. The third-order valence-corrected chi connectivity index (χ3v) is 4.93. The largest absolute Gasteiger partial charge is 0.497 e. The summed E-state index contributed by atoms with van der Waals surface area (Å²) in [5.74, 6) is -0.204. The zero-order valence-corrected chi connectivity index (χ0v) is 13.3. The highest BCUT2D eigenvalue weighted by molar-refractivity contribution is 5.99. The van der Waals surface area contributed by atoms with Crippen LogP contribution in [0.1, 0.15) is 55.8 Å². The third-order valence-electron chi connectivity index (χ3n) is 4.93. The molecule has 0 saturated heterocycles. The molecule has 4 nitrogen and oxygen atoms in total. The Kier molecular flexibility index (Phi) is 5.22. The number of methoxy groups -OCH3 is 1. The Bertz CT molecular complexity index is 529. The van der Waals surface area contributed by atoms with E-state index >= 15 is 0 Å². The van der Waals surface area contributed by atoms with Crippen molar-refractivity contribution in [3.05, 3.63) is 29.8 Å². The zero-order valence-electron chi connectivity index (χ0n) is 13.3. The smallest absolute Gasteiger partial charge is 0.310 e. The van der Waals surface area contributed by atoms with Gasteiger partial charge in [-0.3, -0.25) is 9.59 Å². The molecule has 1 saturated carbocycles. The van der Waals surface area contributed by atoms with Crippen molar-refractivity contribution in [3.63, 3.8) is 0 Å². The van der Waals surface area contributed by atoms with Crippen LogP contribution in [0.4, 0.5) is 0 Å². The molecule has 0 aromatic heterocycles. The SMILES string of the molecule is COc1ccc(C(=O)CC(C)(C(=O)O)C2CCCCC2)cc1. The number of aliphatic carboxylic acids is 1. The number of hydrogen-bond donors (Lipinski definition) is 1. The number of carbonyl (C=O) groups excluding carboxylic acids is 1. The van der Waals surface area contributed by atoms with Gasteiger partial charge in [0.15, 0.2) is 5.78 Å². The molecule has 0 radical (unpaired) electrons. The maximum atomic E-state index is 12.5. The molecule has 1 atom stereocenters. The van der Waals surface area contributed by atoms with Crippen molar-refractivity contribution < 1.29 is 19.4 Å². The summed E-state index contributed by atoms with van der Waals surface area (Å²) in [6, 6.07) is 6.85. The van der Waals surface area contributed by atoms with Crippen LogP contribution in [-0.2, 0) is 4.79 Å². The number of carbonyl (C=O) groups is 2. The van der Waals surface area contributed by atoms with Crippen molar-refractivity contribution in [1.29, 1.82) is 0 Å². The molecule has 1 aliphatic carbocycles. The molecular weight excluding hydrogens is 280 g/mol. The lowest BCUT2D eigenvalue weighted by molar-refractivity contribution is -0.152. The molecular formula is C18H24O4. The Morgan fingerprint density at radius 3 is 2.27 bits per heavy atom. The summed E-state index contributed by atoms with van der Waals surface area (Å²) in [5.41, 5.74) is -0.429. The van der Waals surface area contributed by atoms with Crippen molar-refractivity contribution in [2.45, 2.75) is 45.4 Å². The summed E-state index contributed by atoms with van der Waals surface area (Å²) >= 11 is 0. The fourth-order valence-corrected chi connectivity index (χ4v) is 3.35. The van der Waals surface area contributed by atoms with Crippen molar-refractivity contribution in [2.24, 2.45) is 11.3 Å². The van der Waals surface area contributed by atoms with E-state index in [0.29, 0.717) is 11.3 Å². The number of rotatable bonds is 6. The number of ether oxygens (including phenoxy) is 1. The van der Waals surface area contributed by atoms with Crippen LogP contribution in [0.2, 0.25) is 0 Å². The summed E-state index contributed by atoms with van der Waals surface area (Å²) < 4.78 is 5.08. The van der Waals surface area contributed by atoms with Crippen LogP contribution in [0.5, 0.6) is 5.75 Å². The van der Waals surface area contributed by atoms with Gasteiger partial charge in [-0.25, -0.2) is 0 Å². The maximum Gasteiger partial charge on any atom is 0.310 e. The van der Waals surface area contributed by atoms with Crippen LogP contribution < -0.4 is 4.74 Å². The van der Waals surface area contributed by atoms with E-state index in [4.69, 9.17) is 4.74 Å². The van der Waals surface area contributed by atoms with Gasteiger partial charge >= 0.3 is 5.97 Å². The number of benzene rings is 1. The Morgan fingerprint density at radius 2 is 1.77 bits per heavy atom. The summed E-state index contributed by atoms with van der Waals surface area (Å²) in [6.45, 7) is 1.73. The van der Waals surface area contributed by atoms with Gasteiger partial charge in [-0.05, 0) is 49.9 Å². The molecule has 1 aromatic carbocycles. The van der Waals surface area contributed by atoms with Gasteiger partial charge in [0.2, 0.25) is 0 Å². The molecule has 4 heteroatoms.